The van der Waals surface area contributed by atoms with Crippen LogP contribution in [0.5, 0.6) is 5.75 Å². The van der Waals surface area contributed by atoms with Gasteiger partial charge in [-0.05, 0) is 35.8 Å². The molecule has 2 aromatic carbocycles. The van der Waals surface area contributed by atoms with E-state index in [1.54, 1.807) is 0 Å². The number of hydrogen-bond acceptors (Lipinski definition) is 3. The second kappa shape index (κ2) is 7.41. The molecule has 0 fully saturated rings. The first kappa shape index (κ1) is 18.0. The Morgan fingerprint density at radius 2 is 1.90 bits per heavy atom. The second-order valence-corrected chi connectivity index (χ2v) is 7.75. The van der Waals surface area contributed by atoms with Crippen molar-refractivity contribution in [2.45, 2.75) is 25.9 Å². The molecule has 2 aliphatic rings. The molecular weight excluding hydrogens is 364 g/mol. The fraction of sp³-hybridized carbons (Fsp3) is 0.292. The molecule has 5 nitrogen and oxygen atoms in total. The zero-order valence-electron chi connectivity index (χ0n) is 16.3. The summed E-state index contributed by atoms with van der Waals surface area (Å²) in [6.45, 7) is 3.38. The second-order valence-electron chi connectivity index (χ2n) is 7.75. The topological polar surface area (TPSA) is 54.7 Å². The maximum atomic E-state index is 11.6. The van der Waals surface area contributed by atoms with Crippen LogP contribution in [0.15, 0.2) is 48.5 Å². The highest BCUT2D eigenvalue weighted by Crippen LogP contribution is 2.38. The van der Waals surface area contributed by atoms with Crippen LogP contribution in [0.3, 0.4) is 0 Å². The number of carbonyl (C=O) groups is 1. The van der Waals surface area contributed by atoms with Crippen LogP contribution >= 0.6 is 0 Å². The highest BCUT2D eigenvalue weighted by Gasteiger charge is 2.25. The van der Waals surface area contributed by atoms with Crippen LogP contribution in [0.1, 0.15) is 22.4 Å². The minimum atomic E-state index is -0.806. The van der Waals surface area contributed by atoms with Gasteiger partial charge in [0.25, 0.3) is 0 Å². The smallest absolute Gasteiger partial charge is 0.323 e. The van der Waals surface area contributed by atoms with Gasteiger partial charge in [0.15, 0.2) is 0 Å². The fourth-order valence-corrected chi connectivity index (χ4v) is 4.70. The van der Waals surface area contributed by atoms with Gasteiger partial charge in [-0.2, -0.15) is 0 Å². The molecule has 0 saturated heterocycles. The lowest BCUT2D eigenvalue weighted by atomic mass is 10.00. The fourth-order valence-electron chi connectivity index (χ4n) is 4.70. The zero-order chi connectivity index (χ0) is 19.8. The molecule has 148 valence electrons. The molecule has 3 aromatic rings. The standard InChI is InChI=1S/C24H24N2O3/c27-23(28)16-26-20-11-13-25(15-17-5-2-1-3-6-17)12-10-18(20)24-19-7-4-14-29-22(19)9-8-21(24)26/h1-9H,10-16H2,(H,27,28). The van der Waals surface area contributed by atoms with E-state index in [9.17, 15) is 9.90 Å². The van der Waals surface area contributed by atoms with E-state index in [4.69, 9.17) is 4.74 Å². The molecule has 1 aromatic heterocycles. The predicted molar refractivity (Wildman–Crippen MR) is 113 cm³/mol. The summed E-state index contributed by atoms with van der Waals surface area (Å²) >= 11 is 0. The third-order valence-electron chi connectivity index (χ3n) is 5.96. The van der Waals surface area contributed by atoms with Crippen LogP contribution in [0.2, 0.25) is 0 Å². The molecule has 0 radical (unpaired) electrons. The number of benzene rings is 2. The highest BCUT2D eigenvalue weighted by molar-refractivity contribution is 5.96. The minimum Gasteiger partial charge on any atom is -0.489 e. The summed E-state index contributed by atoms with van der Waals surface area (Å²) in [7, 11) is 0. The molecule has 5 rings (SSSR count). The van der Waals surface area contributed by atoms with Crippen LogP contribution in [0.25, 0.3) is 17.0 Å². The van der Waals surface area contributed by atoms with E-state index in [2.05, 4.69) is 35.2 Å². The molecule has 0 spiro atoms. The number of carboxylic acid groups (broad SMARTS) is 1. The summed E-state index contributed by atoms with van der Waals surface area (Å²) in [5.41, 5.74) is 5.84. The van der Waals surface area contributed by atoms with Gasteiger partial charge < -0.3 is 14.4 Å². The zero-order valence-corrected chi connectivity index (χ0v) is 16.3. The van der Waals surface area contributed by atoms with Crippen LogP contribution in [-0.4, -0.2) is 40.2 Å². The van der Waals surface area contributed by atoms with Crippen LogP contribution in [0, 0.1) is 0 Å². The first-order valence-electron chi connectivity index (χ1n) is 10.1. The normalized spacial score (nSPS) is 16.1. The summed E-state index contributed by atoms with van der Waals surface area (Å²) in [6, 6.07) is 14.5. The van der Waals surface area contributed by atoms with Crippen molar-refractivity contribution in [1.29, 1.82) is 0 Å². The molecule has 3 heterocycles. The third kappa shape index (κ3) is 3.32. The third-order valence-corrected chi connectivity index (χ3v) is 5.96. The molecule has 29 heavy (non-hydrogen) atoms. The molecule has 1 N–H and O–H groups in total. The molecule has 5 heteroatoms. The average Bonchev–Trinajstić information content (AvgIpc) is 2.88. The lowest BCUT2D eigenvalue weighted by Gasteiger charge is -2.20. The number of fused-ring (bicyclic) bond motifs is 5. The van der Waals surface area contributed by atoms with Crippen LogP contribution < -0.4 is 4.74 Å². The lowest BCUT2D eigenvalue weighted by Crippen LogP contribution is -2.26. The van der Waals surface area contributed by atoms with Gasteiger partial charge in [0, 0.05) is 48.2 Å². The average molecular weight is 388 g/mol. The molecular formula is C24H24N2O3. The minimum absolute atomic E-state index is 0.00607. The van der Waals surface area contributed by atoms with Crippen molar-refractivity contribution in [3.8, 4) is 5.75 Å². The molecule has 0 atom stereocenters. The van der Waals surface area contributed by atoms with Gasteiger partial charge in [-0.25, -0.2) is 0 Å². The molecule has 0 unspecified atom stereocenters. The van der Waals surface area contributed by atoms with Crippen molar-refractivity contribution >= 4 is 22.9 Å². The van der Waals surface area contributed by atoms with Gasteiger partial charge in [-0.15, -0.1) is 0 Å². The number of rotatable bonds is 4. The van der Waals surface area contributed by atoms with Crippen molar-refractivity contribution in [3.05, 3.63) is 70.9 Å². The summed E-state index contributed by atoms with van der Waals surface area (Å²) in [5, 5.41) is 10.7. The maximum Gasteiger partial charge on any atom is 0.323 e. The van der Waals surface area contributed by atoms with Gasteiger partial charge in [0.05, 0.1) is 0 Å². The Morgan fingerprint density at radius 1 is 1.07 bits per heavy atom. The number of hydrogen-bond donors (Lipinski definition) is 1. The summed E-state index contributed by atoms with van der Waals surface area (Å²) < 4.78 is 7.82. The Hall–Kier alpha value is -3.05. The number of aromatic nitrogens is 1. The molecule has 0 saturated carbocycles. The van der Waals surface area contributed by atoms with Crippen LogP contribution in [-0.2, 0) is 30.7 Å². The van der Waals surface area contributed by atoms with Crippen molar-refractivity contribution < 1.29 is 14.6 Å². The Bertz CT molecular complexity index is 1100. The number of ether oxygens (including phenoxy) is 1. The van der Waals surface area contributed by atoms with Gasteiger partial charge >= 0.3 is 5.97 Å². The van der Waals surface area contributed by atoms with E-state index in [-0.39, 0.29) is 6.54 Å². The maximum absolute atomic E-state index is 11.6. The first-order chi connectivity index (χ1) is 14.2. The Kier molecular flexibility index (Phi) is 4.60. The molecule has 0 amide bonds. The largest absolute Gasteiger partial charge is 0.489 e. The van der Waals surface area contributed by atoms with E-state index in [0.717, 1.165) is 60.4 Å². The van der Waals surface area contributed by atoms with E-state index in [0.29, 0.717) is 6.61 Å². The molecule has 2 aliphatic heterocycles. The SMILES string of the molecule is O=C(O)Cn1c2c(c3c4c(ccc31)OCC=C4)CCN(Cc1ccccc1)CC2. The predicted octanol–water partition coefficient (Wildman–Crippen LogP) is 3.73. The Morgan fingerprint density at radius 3 is 2.72 bits per heavy atom. The summed E-state index contributed by atoms with van der Waals surface area (Å²) in [5.74, 6) is 0.0836. The number of aliphatic carboxylic acids is 1. The lowest BCUT2D eigenvalue weighted by molar-refractivity contribution is -0.137. The van der Waals surface area contributed by atoms with Crippen molar-refractivity contribution in [2.24, 2.45) is 0 Å². The van der Waals surface area contributed by atoms with E-state index < -0.39 is 5.97 Å². The summed E-state index contributed by atoms with van der Waals surface area (Å²) in [6.07, 6.45) is 5.92. The Balaban J connectivity index is 1.56. The van der Waals surface area contributed by atoms with E-state index >= 15 is 0 Å². The quantitative estimate of drug-likeness (QED) is 0.740. The van der Waals surface area contributed by atoms with E-state index in [1.165, 1.54) is 11.1 Å². The molecule has 0 bridgehead atoms. The van der Waals surface area contributed by atoms with E-state index in [1.807, 2.05) is 28.8 Å². The number of nitrogens with zero attached hydrogens (tertiary/aromatic N) is 2. The summed E-state index contributed by atoms with van der Waals surface area (Å²) in [4.78, 5) is 14.1. The first-order valence-corrected chi connectivity index (χ1v) is 10.1. The van der Waals surface area contributed by atoms with Crippen LogP contribution in [0.4, 0.5) is 0 Å². The van der Waals surface area contributed by atoms with Gasteiger partial charge in [-0.3, -0.25) is 9.69 Å². The van der Waals surface area contributed by atoms with Crippen molar-refractivity contribution in [2.75, 3.05) is 19.7 Å². The van der Waals surface area contributed by atoms with Crippen molar-refractivity contribution in [3.63, 3.8) is 0 Å². The number of carboxylic acids is 1. The van der Waals surface area contributed by atoms with Gasteiger partial charge in [0.2, 0.25) is 0 Å². The van der Waals surface area contributed by atoms with Gasteiger partial charge in [-0.1, -0.05) is 36.4 Å². The Labute approximate surface area is 169 Å². The van der Waals surface area contributed by atoms with Crippen molar-refractivity contribution in [1.82, 2.24) is 9.47 Å². The molecule has 0 aliphatic carbocycles. The van der Waals surface area contributed by atoms with Gasteiger partial charge in [0.1, 0.15) is 18.9 Å². The monoisotopic (exact) mass is 388 g/mol. The highest BCUT2D eigenvalue weighted by atomic mass is 16.5.